The van der Waals surface area contributed by atoms with Crippen molar-refractivity contribution in [2.75, 3.05) is 25.6 Å². The molecule has 2 N–H and O–H groups in total. The summed E-state index contributed by atoms with van der Waals surface area (Å²) < 4.78 is 24.8. The van der Waals surface area contributed by atoms with Crippen LogP contribution in [0.15, 0.2) is 34.9 Å². The van der Waals surface area contributed by atoms with Crippen molar-refractivity contribution in [3.63, 3.8) is 0 Å². The number of ether oxygens (including phenoxy) is 1. The molecule has 0 saturated heterocycles. The van der Waals surface area contributed by atoms with Gasteiger partial charge in [0.15, 0.2) is 5.82 Å². The Balaban J connectivity index is 1.77. The van der Waals surface area contributed by atoms with E-state index in [2.05, 4.69) is 15.8 Å². The van der Waals surface area contributed by atoms with Gasteiger partial charge in [-0.2, -0.15) is 0 Å². The molecule has 1 atom stereocenters. The molecule has 0 radical (unpaired) electrons. The molecule has 34 heavy (non-hydrogen) atoms. The van der Waals surface area contributed by atoms with Crippen molar-refractivity contribution in [2.24, 2.45) is 0 Å². The van der Waals surface area contributed by atoms with E-state index in [1.54, 1.807) is 19.1 Å². The fourth-order valence-corrected chi connectivity index (χ4v) is 4.08. The maximum absolute atomic E-state index is 14.8. The number of amides is 3. The van der Waals surface area contributed by atoms with Crippen molar-refractivity contribution in [1.29, 1.82) is 0 Å². The van der Waals surface area contributed by atoms with Crippen LogP contribution < -0.4 is 10.6 Å². The number of nitrogens with one attached hydrogen (secondary N) is 2. The molecule has 1 aromatic heterocycles. The second-order valence-corrected chi connectivity index (χ2v) is 8.36. The van der Waals surface area contributed by atoms with Crippen molar-refractivity contribution in [3.05, 3.63) is 47.5 Å². The summed E-state index contributed by atoms with van der Waals surface area (Å²) in [6.07, 6.45) is 3.42. The van der Waals surface area contributed by atoms with Gasteiger partial charge in [-0.1, -0.05) is 36.2 Å². The average Bonchev–Trinajstić information content (AvgIpc) is 3.47. The zero-order chi connectivity index (χ0) is 24.5. The summed E-state index contributed by atoms with van der Waals surface area (Å²) in [6.45, 7) is 1.91. The van der Waals surface area contributed by atoms with Crippen LogP contribution in [0.25, 0.3) is 0 Å². The third-order valence-electron chi connectivity index (χ3n) is 5.78. The third-order valence-corrected chi connectivity index (χ3v) is 5.78. The van der Waals surface area contributed by atoms with E-state index in [9.17, 15) is 18.8 Å². The van der Waals surface area contributed by atoms with Gasteiger partial charge in [-0.3, -0.25) is 14.4 Å². The number of nitrogens with zero attached hydrogens (tertiary/aromatic N) is 2. The van der Waals surface area contributed by atoms with Gasteiger partial charge in [-0.15, -0.1) is 0 Å². The molecule has 2 aromatic rings. The molecule has 3 amide bonds. The van der Waals surface area contributed by atoms with Gasteiger partial charge in [-0.25, -0.2) is 4.39 Å². The highest BCUT2D eigenvalue weighted by Crippen LogP contribution is 2.27. The minimum Gasteiger partial charge on any atom is -0.383 e. The quantitative estimate of drug-likeness (QED) is 0.517. The standard InChI is InChI=1S/C24H31FN4O5/c1-16-15-20(28-34-16)27-21(30)11-12-22(31)29(13-14-33-2)23(18-9-5-6-10-19(18)25)24(32)26-17-7-3-4-8-17/h5-6,9-10,15,17,23H,3-4,7-8,11-14H2,1-2H3,(H,26,32)(H,27,28,30). The summed E-state index contributed by atoms with van der Waals surface area (Å²) in [4.78, 5) is 40.1. The highest BCUT2D eigenvalue weighted by molar-refractivity contribution is 5.94. The van der Waals surface area contributed by atoms with Crippen LogP contribution in [0, 0.1) is 12.7 Å². The number of aryl methyl sites for hydroxylation is 1. The Kier molecular flexibility index (Phi) is 9.15. The number of hydrogen-bond acceptors (Lipinski definition) is 6. The van der Waals surface area contributed by atoms with Crippen LogP contribution in [0.4, 0.5) is 10.2 Å². The average molecular weight is 475 g/mol. The van der Waals surface area contributed by atoms with Crippen LogP contribution in [0.3, 0.4) is 0 Å². The number of hydrogen-bond donors (Lipinski definition) is 2. The number of methoxy groups -OCH3 is 1. The van der Waals surface area contributed by atoms with Crippen LogP contribution in [-0.2, 0) is 19.1 Å². The Morgan fingerprint density at radius 1 is 1.24 bits per heavy atom. The Bertz CT molecular complexity index is 989. The summed E-state index contributed by atoms with van der Waals surface area (Å²) in [7, 11) is 1.48. The zero-order valence-electron chi connectivity index (χ0n) is 19.5. The molecule has 9 nitrogen and oxygen atoms in total. The van der Waals surface area contributed by atoms with Crippen molar-refractivity contribution < 1.29 is 28.0 Å². The lowest BCUT2D eigenvalue weighted by Crippen LogP contribution is -2.47. The molecular weight excluding hydrogens is 443 g/mol. The molecule has 1 aliphatic carbocycles. The van der Waals surface area contributed by atoms with Crippen molar-refractivity contribution >= 4 is 23.5 Å². The van der Waals surface area contributed by atoms with E-state index in [1.165, 1.54) is 30.2 Å². The number of anilines is 1. The summed E-state index contributed by atoms with van der Waals surface area (Å²) in [5.41, 5.74) is 0.102. The van der Waals surface area contributed by atoms with E-state index in [1.807, 2.05) is 0 Å². The molecule has 184 valence electrons. The maximum Gasteiger partial charge on any atom is 0.247 e. The molecule has 1 saturated carbocycles. The van der Waals surface area contributed by atoms with Crippen molar-refractivity contribution in [3.8, 4) is 0 Å². The predicted octanol–water partition coefficient (Wildman–Crippen LogP) is 3.12. The number of carbonyl (C=O) groups is 3. The highest BCUT2D eigenvalue weighted by Gasteiger charge is 2.34. The largest absolute Gasteiger partial charge is 0.383 e. The molecular formula is C24H31FN4O5. The van der Waals surface area contributed by atoms with E-state index in [-0.39, 0.29) is 43.4 Å². The van der Waals surface area contributed by atoms with Crippen molar-refractivity contribution in [2.45, 2.75) is 57.5 Å². The second kappa shape index (κ2) is 12.3. The molecule has 1 fully saturated rings. The SMILES string of the molecule is COCCN(C(=O)CCC(=O)Nc1cc(C)on1)C(C(=O)NC1CCCC1)c1ccccc1F. The highest BCUT2D eigenvalue weighted by atomic mass is 19.1. The predicted molar refractivity (Wildman–Crippen MR) is 122 cm³/mol. The monoisotopic (exact) mass is 474 g/mol. The first-order valence-electron chi connectivity index (χ1n) is 11.5. The summed E-state index contributed by atoms with van der Waals surface area (Å²) >= 11 is 0. The van der Waals surface area contributed by atoms with Gasteiger partial charge in [-0.05, 0) is 25.8 Å². The molecule has 1 aliphatic rings. The smallest absolute Gasteiger partial charge is 0.247 e. The topological polar surface area (TPSA) is 114 Å². The van der Waals surface area contributed by atoms with Crippen LogP contribution in [0.5, 0.6) is 0 Å². The first-order chi connectivity index (χ1) is 16.4. The minimum atomic E-state index is -1.18. The Labute approximate surface area is 198 Å². The van der Waals surface area contributed by atoms with Gasteiger partial charge < -0.3 is 24.8 Å². The van der Waals surface area contributed by atoms with Gasteiger partial charge in [0.1, 0.15) is 17.6 Å². The molecule has 10 heteroatoms. The second-order valence-electron chi connectivity index (χ2n) is 8.36. The zero-order valence-corrected chi connectivity index (χ0v) is 19.5. The number of halogens is 1. The third kappa shape index (κ3) is 6.86. The normalized spacial score (nSPS) is 14.6. The Hall–Kier alpha value is -3.27. The number of rotatable bonds is 11. The lowest BCUT2D eigenvalue weighted by molar-refractivity contribution is -0.142. The van der Waals surface area contributed by atoms with Crippen LogP contribution in [0.1, 0.15) is 55.9 Å². The lowest BCUT2D eigenvalue weighted by atomic mass is 10.0. The molecule has 1 unspecified atom stereocenters. The van der Waals surface area contributed by atoms with Gasteiger partial charge >= 0.3 is 0 Å². The van der Waals surface area contributed by atoms with E-state index >= 15 is 0 Å². The first kappa shape index (κ1) is 25.4. The molecule has 0 bridgehead atoms. The Morgan fingerprint density at radius 2 is 1.97 bits per heavy atom. The van der Waals surface area contributed by atoms with E-state index in [4.69, 9.17) is 9.26 Å². The van der Waals surface area contributed by atoms with E-state index in [0.29, 0.717) is 5.76 Å². The summed E-state index contributed by atoms with van der Waals surface area (Å²) in [5, 5.41) is 9.24. The molecule has 0 spiro atoms. The molecule has 0 aliphatic heterocycles. The van der Waals surface area contributed by atoms with Gasteiger partial charge in [0.05, 0.1) is 6.61 Å². The number of aromatic nitrogens is 1. The van der Waals surface area contributed by atoms with Crippen LogP contribution in [-0.4, -0.2) is 54.1 Å². The summed E-state index contributed by atoms with van der Waals surface area (Å²) in [6, 6.07) is 6.30. The number of benzene rings is 1. The maximum atomic E-state index is 14.8. The fraction of sp³-hybridized carbons (Fsp3) is 0.500. The van der Waals surface area contributed by atoms with E-state index < -0.39 is 29.6 Å². The molecule has 3 rings (SSSR count). The van der Waals surface area contributed by atoms with Gasteiger partial charge in [0.2, 0.25) is 17.7 Å². The van der Waals surface area contributed by atoms with Gasteiger partial charge in [0.25, 0.3) is 0 Å². The Morgan fingerprint density at radius 3 is 2.62 bits per heavy atom. The fourth-order valence-electron chi connectivity index (χ4n) is 4.08. The number of carbonyl (C=O) groups excluding carboxylic acids is 3. The van der Waals surface area contributed by atoms with Crippen molar-refractivity contribution in [1.82, 2.24) is 15.4 Å². The minimum absolute atomic E-state index is 0.00200. The van der Waals surface area contributed by atoms with E-state index in [0.717, 1.165) is 25.7 Å². The van der Waals surface area contributed by atoms with Crippen LogP contribution in [0.2, 0.25) is 0 Å². The summed E-state index contributed by atoms with van der Waals surface area (Å²) in [5.74, 6) is -1.11. The lowest BCUT2D eigenvalue weighted by Gasteiger charge is -2.32. The first-order valence-corrected chi connectivity index (χ1v) is 11.5. The van der Waals surface area contributed by atoms with Crippen LogP contribution >= 0.6 is 0 Å². The molecule has 1 heterocycles. The molecule has 1 aromatic carbocycles. The van der Waals surface area contributed by atoms with Gasteiger partial charge in [0, 0.05) is 44.2 Å².